The molecule has 3 aromatic rings. The molecule has 1 aliphatic rings. The third-order valence-electron chi connectivity index (χ3n) is 3.97. The molecule has 0 spiro atoms. The molecule has 0 amide bonds. The second-order valence-corrected chi connectivity index (χ2v) is 5.99. The summed E-state index contributed by atoms with van der Waals surface area (Å²) in [5, 5.41) is 9.68. The summed E-state index contributed by atoms with van der Waals surface area (Å²) in [5.74, 6) is -3.06. The molecular formula is C21H16F2IrNO2-. The average Bonchev–Trinajstić information content (AvgIpc) is 2.59. The molecule has 6 heteroatoms. The summed E-state index contributed by atoms with van der Waals surface area (Å²) in [6, 6.07) is 14.3. The fourth-order valence-corrected chi connectivity index (χ4v) is 3.01. The molecule has 4 rings (SSSR count). The first kappa shape index (κ1) is 20.9. The molecule has 3 nitrogen and oxygen atoms in total. The van der Waals surface area contributed by atoms with Gasteiger partial charge in [-0.1, -0.05) is 23.8 Å². The van der Waals surface area contributed by atoms with Crippen LogP contribution in [0.25, 0.3) is 22.0 Å². The van der Waals surface area contributed by atoms with Crippen LogP contribution in [0.2, 0.25) is 0 Å². The van der Waals surface area contributed by atoms with Gasteiger partial charge in [0.1, 0.15) is 0 Å². The summed E-state index contributed by atoms with van der Waals surface area (Å²) < 4.78 is 29.2. The fourth-order valence-electron chi connectivity index (χ4n) is 3.01. The van der Waals surface area contributed by atoms with Gasteiger partial charge in [-0.25, -0.2) is 8.78 Å². The van der Waals surface area contributed by atoms with Crippen LogP contribution in [0.5, 0.6) is 0 Å². The van der Waals surface area contributed by atoms with E-state index in [9.17, 15) is 13.6 Å². The van der Waals surface area contributed by atoms with Gasteiger partial charge >= 0.3 is 0 Å². The normalized spacial score (nSPS) is 13.7. The third-order valence-corrected chi connectivity index (χ3v) is 3.97. The maximum atomic E-state index is 14.6. The summed E-state index contributed by atoms with van der Waals surface area (Å²) in [4.78, 5) is 14.3. The van der Waals surface area contributed by atoms with E-state index in [1.54, 1.807) is 30.5 Å². The molecule has 141 valence electrons. The van der Waals surface area contributed by atoms with Crippen LogP contribution in [0, 0.1) is 6.07 Å². The van der Waals surface area contributed by atoms with E-state index in [1.165, 1.54) is 32.1 Å². The molecule has 1 radical (unpaired) electrons. The Kier molecular flexibility index (Phi) is 6.24. The summed E-state index contributed by atoms with van der Waals surface area (Å²) >= 11 is 0. The first-order chi connectivity index (χ1) is 12.3. The van der Waals surface area contributed by atoms with Crippen molar-refractivity contribution in [3.05, 3.63) is 77.7 Å². The van der Waals surface area contributed by atoms with Crippen molar-refractivity contribution >= 4 is 16.6 Å². The minimum Gasteiger partial charge on any atom is -0.512 e. The van der Waals surface area contributed by atoms with Crippen LogP contribution in [0.1, 0.15) is 25.0 Å². The number of benzene rings is 2. The second-order valence-electron chi connectivity index (χ2n) is 5.99. The Morgan fingerprint density at radius 3 is 2.48 bits per heavy atom. The standard InChI is InChI=1S/C16H8F2N.C5H8O2.Ir/c17-16(18)12-6-2-1-5-11(12)15-14-10(8-9-19-15)4-3-7-13(14)16;1-4(6)3-5(2)7;/h1-4,6-9H;3,6H,1-2H3;/q-1;;/b;4-3-;. The molecule has 0 saturated carbocycles. The molecule has 0 atom stereocenters. The van der Waals surface area contributed by atoms with Gasteiger partial charge in [-0.15, -0.1) is 29.8 Å². The number of ketones is 1. The van der Waals surface area contributed by atoms with Gasteiger partial charge < -0.3 is 10.1 Å². The smallest absolute Gasteiger partial charge is 0.266 e. The Labute approximate surface area is 169 Å². The van der Waals surface area contributed by atoms with E-state index in [4.69, 9.17) is 5.11 Å². The maximum Gasteiger partial charge on any atom is 0.266 e. The number of hydrogen-bond acceptors (Lipinski definition) is 3. The van der Waals surface area contributed by atoms with Crippen LogP contribution >= 0.6 is 0 Å². The van der Waals surface area contributed by atoms with Gasteiger partial charge in [0.15, 0.2) is 5.78 Å². The summed E-state index contributed by atoms with van der Waals surface area (Å²) in [6.07, 6.45) is 2.82. The molecule has 0 fully saturated rings. The van der Waals surface area contributed by atoms with Gasteiger partial charge in [0.25, 0.3) is 5.92 Å². The molecule has 0 bridgehead atoms. The van der Waals surface area contributed by atoms with Crippen LogP contribution in [0.3, 0.4) is 0 Å². The van der Waals surface area contributed by atoms with Crippen LogP contribution in [-0.2, 0) is 30.8 Å². The average molecular weight is 545 g/mol. The first-order valence-electron chi connectivity index (χ1n) is 7.97. The minimum absolute atomic E-state index is 0. The Balaban J connectivity index is 0.000000285. The number of carbonyl (C=O) groups excluding carboxylic acids is 1. The Morgan fingerprint density at radius 1 is 1.15 bits per heavy atom. The molecule has 1 heterocycles. The number of pyridine rings is 1. The first-order valence-corrected chi connectivity index (χ1v) is 7.97. The van der Waals surface area contributed by atoms with E-state index in [-0.39, 0.29) is 42.8 Å². The number of nitrogens with zero attached hydrogens (tertiary/aromatic N) is 1. The van der Waals surface area contributed by atoms with Gasteiger partial charge in [0.2, 0.25) is 0 Å². The Bertz CT molecular complexity index is 1020. The summed E-state index contributed by atoms with van der Waals surface area (Å²) in [6.45, 7) is 2.85. The van der Waals surface area contributed by atoms with Crippen molar-refractivity contribution < 1.29 is 38.8 Å². The molecular weight excluding hydrogens is 528 g/mol. The Hall–Kier alpha value is -2.43. The number of hydrogen-bond donors (Lipinski definition) is 1. The molecule has 0 saturated heterocycles. The number of halogens is 2. The second kappa shape index (κ2) is 8.07. The van der Waals surface area contributed by atoms with Gasteiger partial charge in [-0.2, -0.15) is 0 Å². The van der Waals surface area contributed by atoms with Crippen LogP contribution in [0.15, 0.2) is 60.5 Å². The number of rotatable bonds is 1. The van der Waals surface area contributed by atoms with E-state index in [2.05, 4.69) is 11.1 Å². The zero-order chi connectivity index (χ0) is 18.9. The van der Waals surface area contributed by atoms with E-state index in [0.29, 0.717) is 16.6 Å². The van der Waals surface area contributed by atoms with Crippen molar-refractivity contribution in [2.24, 2.45) is 0 Å². The molecule has 2 aromatic carbocycles. The molecule has 0 unspecified atom stereocenters. The maximum absolute atomic E-state index is 14.6. The minimum atomic E-state index is -3.00. The number of carbonyl (C=O) groups is 1. The summed E-state index contributed by atoms with van der Waals surface area (Å²) in [5.41, 5.74) is 1.00. The van der Waals surface area contributed by atoms with Gasteiger partial charge in [0, 0.05) is 37.9 Å². The van der Waals surface area contributed by atoms with Crippen molar-refractivity contribution in [2.45, 2.75) is 19.8 Å². The quantitative estimate of drug-likeness (QED) is 0.261. The fraction of sp³-hybridized carbons (Fsp3) is 0.143. The predicted octanol–water partition coefficient (Wildman–Crippen LogP) is 5.19. The van der Waals surface area contributed by atoms with E-state index in [1.807, 2.05) is 6.07 Å². The monoisotopic (exact) mass is 545 g/mol. The van der Waals surface area contributed by atoms with Gasteiger partial charge in [-0.05, 0) is 36.4 Å². The van der Waals surface area contributed by atoms with Crippen molar-refractivity contribution in [1.82, 2.24) is 4.98 Å². The van der Waals surface area contributed by atoms with E-state index >= 15 is 0 Å². The topological polar surface area (TPSA) is 50.2 Å². The van der Waals surface area contributed by atoms with Gasteiger partial charge in [-0.3, -0.25) is 4.79 Å². The number of allylic oxidation sites excluding steroid dienone is 2. The molecule has 27 heavy (non-hydrogen) atoms. The van der Waals surface area contributed by atoms with Crippen LogP contribution < -0.4 is 0 Å². The van der Waals surface area contributed by atoms with Gasteiger partial charge in [0.05, 0.1) is 5.76 Å². The Morgan fingerprint density at radius 2 is 1.85 bits per heavy atom. The zero-order valence-corrected chi connectivity index (χ0v) is 17.0. The largest absolute Gasteiger partial charge is 0.512 e. The number of alkyl halides is 2. The third kappa shape index (κ3) is 3.97. The number of aromatic nitrogens is 1. The number of aliphatic hydroxyl groups is 1. The molecule has 1 aromatic heterocycles. The van der Waals surface area contributed by atoms with Crippen molar-refractivity contribution in [2.75, 3.05) is 0 Å². The number of fused-ring (bicyclic) bond motifs is 2. The van der Waals surface area contributed by atoms with Crippen molar-refractivity contribution in [1.29, 1.82) is 0 Å². The van der Waals surface area contributed by atoms with E-state index in [0.717, 1.165) is 5.39 Å². The van der Waals surface area contributed by atoms with Crippen molar-refractivity contribution in [3.63, 3.8) is 0 Å². The number of aliphatic hydroxyl groups excluding tert-OH is 1. The predicted molar refractivity (Wildman–Crippen MR) is 96.1 cm³/mol. The molecule has 1 N–H and O–H groups in total. The SMILES string of the molecule is CC(=O)/C=C(/C)O.FC1(F)c2ccc[c-]c2-c2nccc3cccc1c23.[Ir]. The summed E-state index contributed by atoms with van der Waals surface area (Å²) in [7, 11) is 0. The zero-order valence-electron chi connectivity index (χ0n) is 14.6. The molecule has 1 aliphatic carbocycles. The van der Waals surface area contributed by atoms with Crippen LogP contribution in [0.4, 0.5) is 8.78 Å². The van der Waals surface area contributed by atoms with Crippen LogP contribution in [-0.4, -0.2) is 15.9 Å². The molecule has 0 aliphatic heterocycles. The van der Waals surface area contributed by atoms with E-state index < -0.39 is 5.92 Å². The van der Waals surface area contributed by atoms with Crippen molar-refractivity contribution in [3.8, 4) is 11.3 Å².